The summed E-state index contributed by atoms with van der Waals surface area (Å²) in [7, 11) is 1.57. The molecule has 0 radical (unpaired) electrons. The maximum Gasteiger partial charge on any atom is 0.269 e. The zero-order chi connectivity index (χ0) is 21.2. The topological polar surface area (TPSA) is 92.6 Å². The molecule has 2 aromatic carbocycles. The van der Waals surface area contributed by atoms with Crippen LogP contribution in [0.15, 0.2) is 54.6 Å². The normalized spacial score (nSPS) is 11.5. The van der Waals surface area contributed by atoms with E-state index in [1.165, 1.54) is 23.9 Å². The average Bonchev–Trinajstić information content (AvgIpc) is 2.74. The summed E-state index contributed by atoms with van der Waals surface area (Å²) in [6.45, 7) is 2.25. The van der Waals surface area contributed by atoms with Gasteiger partial charge in [-0.15, -0.1) is 11.8 Å². The van der Waals surface area contributed by atoms with Crippen molar-refractivity contribution in [1.29, 1.82) is 0 Å². The van der Waals surface area contributed by atoms with Crippen molar-refractivity contribution in [3.05, 3.63) is 75.8 Å². The van der Waals surface area contributed by atoms with Gasteiger partial charge in [0.2, 0.25) is 11.8 Å². The van der Waals surface area contributed by atoms with Gasteiger partial charge in [0.1, 0.15) is 6.04 Å². The van der Waals surface area contributed by atoms with Crippen molar-refractivity contribution in [2.75, 3.05) is 12.8 Å². The highest BCUT2D eigenvalue weighted by Crippen LogP contribution is 2.19. The van der Waals surface area contributed by atoms with E-state index in [1.54, 1.807) is 24.1 Å². The van der Waals surface area contributed by atoms with Crippen LogP contribution in [0.5, 0.6) is 0 Å². The number of nitro groups is 1. The standard InChI is InChI=1S/C21H25N3O4S/c1-3-19(21(26)22-2)23(13-16-7-5-4-6-8-16)20(25)15-29-14-17-9-11-18(12-10-17)24(27)28/h4-12,19H,3,13-15H2,1-2H3,(H,22,26)/t19-/m0/s1. The zero-order valence-corrected chi connectivity index (χ0v) is 17.4. The first-order chi connectivity index (χ1) is 14.0. The van der Waals surface area contributed by atoms with Gasteiger partial charge in [0, 0.05) is 31.5 Å². The van der Waals surface area contributed by atoms with Crippen LogP contribution in [0, 0.1) is 10.1 Å². The number of nitrogens with one attached hydrogen (secondary N) is 1. The smallest absolute Gasteiger partial charge is 0.269 e. The number of non-ortho nitro benzene ring substituents is 1. The molecule has 0 bridgehead atoms. The number of benzene rings is 2. The van der Waals surface area contributed by atoms with Crippen LogP contribution in [0.2, 0.25) is 0 Å². The van der Waals surface area contributed by atoms with E-state index in [1.807, 2.05) is 37.3 Å². The highest BCUT2D eigenvalue weighted by molar-refractivity contribution is 7.99. The van der Waals surface area contributed by atoms with Crippen molar-refractivity contribution >= 4 is 29.3 Å². The van der Waals surface area contributed by atoms with Gasteiger partial charge in [-0.1, -0.05) is 49.4 Å². The van der Waals surface area contributed by atoms with Crippen LogP contribution in [0.1, 0.15) is 24.5 Å². The summed E-state index contributed by atoms with van der Waals surface area (Å²) < 4.78 is 0. The highest BCUT2D eigenvalue weighted by Gasteiger charge is 2.27. The van der Waals surface area contributed by atoms with Crippen molar-refractivity contribution in [3.8, 4) is 0 Å². The Morgan fingerprint density at radius 2 is 1.76 bits per heavy atom. The van der Waals surface area contributed by atoms with Gasteiger partial charge in [0.15, 0.2) is 0 Å². The summed E-state index contributed by atoms with van der Waals surface area (Å²) >= 11 is 1.42. The van der Waals surface area contributed by atoms with Crippen molar-refractivity contribution in [2.24, 2.45) is 0 Å². The molecule has 0 spiro atoms. The Labute approximate surface area is 174 Å². The minimum Gasteiger partial charge on any atom is -0.357 e. The van der Waals surface area contributed by atoms with Crippen LogP contribution in [-0.2, 0) is 21.9 Å². The van der Waals surface area contributed by atoms with E-state index in [0.717, 1.165) is 11.1 Å². The Hall–Kier alpha value is -2.87. The van der Waals surface area contributed by atoms with Gasteiger partial charge < -0.3 is 10.2 Å². The monoisotopic (exact) mass is 415 g/mol. The molecule has 29 heavy (non-hydrogen) atoms. The Morgan fingerprint density at radius 1 is 1.10 bits per heavy atom. The summed E-state index contributed by atoms with van der Waals surface area (Å²) in [5, 5.41) is 13.4. The second-order valence-corrected chi connectivity index (χ2v) is 7.45. The number of rotatable bonds is 10. The molecule has 0 fully saturated rings. The molecular formula is C21H25N3O4S. The first-order valence-electron chi connectivity index (χ1n) is 9.32. The summed E-state index contributed by atoms with van der Waals surface area (Å²) in [6, 6.07) is 15.3. The van der Waals surface area contributed by atoms with E-state index < -0.39 is 11.0 Å². The minimum absolute atomic E-state index is 0.0419. The van der Waals surface area contributed by atoms with Gasteiger partial charge in [-0.2, -0.15) is 0 Å². The molecule has 0 saturated carbocycles. The fourth-order valence-electron chi connectivity index (χ4n) is 2.92. The number of hydrogen-bond donors (Lipinski definition) is 1. The van der Waals surface area contributed by atoms with Gasteiger partial charge >= 0.3 is 0 Å². The third-order valence-electron chi connectivity index (χ3n) is 4.47. The molecule has 0 aliphatic rings. The number of amides is 2. The second-order valence-electron chi connectivity index (χ2n) is 6.46. The molecule has 0 aliphatic heterocycles. The number of carbonyl (C=O) groups excluding carboxylic acids is 2. The average molecular weight is 416 g/mol. The van der Waals surface area contributed by atoms with Crippen LogP contribution >= 0.6 is 11.8 Å². The number of hydrogen-bond acceptors (Lipinski definition) is 5. The van der Waals surface area contributed by atoms with Gasteiger partial charge in [-0.3, -0.25) is 19.7 Å². The Morgan fingerprint density at radius 3 is 2.31 bits per heavy atom. The second kappa shape index (κ2) is 11.2. The lowest BCUT2D eigenvalue weighted by atomic mass is 10.1. The quantitative estimate of drug-likeness (QED) is 0.474. The van der Waals surface area contributed by atoms with Crippen molar-refractivity contribution in [3.63, 3.8) is 0 Å². The summed E-state index contributed by atoms with van der Waals surface area (Å²) in [5.41, 5.74) is 1.91. The molecule has 0 unspecified atom stereocenters. The summed E-state index contributed by atoms with van der Waals surface area (Å²) in [5.74, 6) is 0.477. The molecule has 2 rings (SSSR count). The van der Waals surface area contributed by atoms with Gasteiger partial charge in [-0.25, -0.2) is 0 Å². The lowest BCUT2D eigenvalue weighted by Crippen LogP contribution is -2.48. The fourth-order valence-corrected chi connectivity index (χ4v) is 3.79. The maximum atomic E-state index is 12.9. The van der Waals surface area contributed by atoms with E-state index in [4.69, 9.17) is 0 Å². The Bertz CT molecular complexity index is 828. The largest absolute Gasteiger partial charge is 0.357 e. The molecule has 8 heteroatoms. The molecule has 2 amide bonds. The third-order valence-corrected chi connectivity index (χ3v) is 5.46. The summed E-state index contributed by atoms with van der Waals surface area (Å²) in [6.07, 6.45) is 0.519. The van der Waals surface area contributed by atoms with Crippen molar-refractivity contribution < 1.29 is 14.5 Å². The van der Waals surface area contributed by atoms with Crippen LogP contribution in [-0.4, -0.2) is 40.5 Å². The van der Waals surface area contributed by atoms with Gasteiger partial charge in [-0.05, 0) is 17.5 Å². The highest BCUT2D eigenvalue weighted by atomic mass is 32.2. The number of nitro benzene ring substituents is 1. The lowest BCUT2D eigenvalue weighted by molar-refractivity contribution is -0.384. The first kappa shape index (κ1) is 22.4. The van der Waals surface area contributed by atoms with Crippen LogP contribution in [0.25, 0.3) is 0 Å². The molecular weight excluding hydrogens is 390 g/mol. The van der Waals surface area contributed by atoms with Crippen molar-refractivity contribution in [2.45, 2.75) is 31.7 Å². The van der Waals surface area contributed by atoms with E-state index in [2.05, 4.69) is 5.32 Å². The molecule has 7 nitrogen and oxygen atoms in total. The van der Waals surface area contributed by atoms with E-state index in [9.17, 15) is 19.7 Å². The Balaban J connectivity index is 2.03. The predicted octanol–water partition coefficient (Wildman–Crippen LogP) is 3.38. The number of thioether (sulfide) groups is 1. The SMILES string of the molecule is CC[C@@H](C(=O)NC)N(Cc1ccccc1)C(=O)CSCc1ccc([N+](=O)[O-])cc1. The van der Waals surface area contributed by atoms with Gasteiger partial charge in [0.25, 0.3) is 5.69 Å². The number of carbonyl (C=O) groups is 2. The van der Waals surface area contributed by atoms with E-state index >= 15 is 0 Å². The molecule has 0 saturated heterocycles. The molecule has 1 atom stereocenters. The fraction of sp³-hybridized carbons (Fsp3) is 0.333. The summed E-state index contributed by atoms with van der Waals surface area (Å²) in [4.78, 5) is 37.1. The minimum atomic E-state index is -0.535. The number of likely N-dealkylation sites (N-methyl/N-ethyl adjacent to an activating group) is 1. The van der Waals surface area contributed by atoms with Crippen molar-refractivity contribution in [1.82, 2.24) is 10.2 Å². The molecule has 0 aromatic heterocycles. The van der Waals surface area contributed by atoms with Gasteiger partial charge in [0.05, 0.1) is 10.7 Å². The van der Waals surface area contributed by atoms with E-state index in [0.29, 0.717) is 18.7 Å². The van der Waals surface area contributed by atoms with Crippen LogP contribution < -0.4 is 5.32 Å². The number of nitrogens with zero attached hydrogens (tertiary/aromatic N) is 2. The molecule has 2 aromatic rings. The third kappa shape index (κ3) is 6.60. The molecule has 0 heterocycles. The molecule has 154 valence electrons. The Kier molecular flexibility index (Phi) is 8.67. The molecule has 1 N–H and O–H groups in total. The lowest BCUT2D eigenvalue weighted by Gasteiger charge is -2.30. The maximum absolute atomic E-state index is 12.9. The molecule has 0 aliphatic carbocycles. The van der Waals surface area contributed by atoms with Crippen LogP contribution in [0.3, 0.4) is 0 Å². The first-order valence-corrected chi connectivity index (χ1v) is 10.5. The zero-order valence-electron chi connectivity index (χ0n) is 16.5. The van der Waals surface area contributed by atoms with E-state index in [-0.39, 0.29) is 23.3 Å². The van der Waals surface area contributed by atoms with Crippen LogP contribution in [0.4, 0.5) is 5.69 Å². The predicted molar refractivity (Wildman–Crippen MR) is 114 cm³/mol.